The summed E-state index contributed by atoms with van der Waals surface area (Å²) in [5, 5.41) is 48.5. The van der Waals surface area contributed by atoms with E-state index in [1.54, 1.807) is 41.5 Å². The van der Waals surface area contributed by atoms with Gasteiger partial charge in [0.25, 0.3) is 0 Å². The maximum Gasteiger partial charge on any atom is 0.248 e. The zero-order valence-corrected chi connectivity index (χ0v) is 19.0. The lowest BCUT2D eigenvalue weighted by Crippen LogP contribution is -2.12. The Morgan fingerprint density at radius 2 is 1.89 bits per heavy atom. The lowest BCUT2D eigenvalue weighted by molar-refractivity contribution is 0.170. The van der Waals surface area contributed by atoms with Crippen LogP contribution in [0, 0.1) is 29.6 Å². The Labute approximate surface area is 198 Å². The topological polar surface area (TPSA) is 183 Å². The highest BCUT2D eigenvalue weighted by Gasteiger charge is 2.17. The summed E-state index contributed by atoms with van der Waals surface area (Å²) in [6.45, 7) is 3.74. The number of nitrogens with zero attached hydrogens (tertiary/aromatic N) is 11. The monoisotopic (exact) mass is 469 g/mol. The van der Waals surface area contributed by atoms with Gasteiger partial charge in [0.1, 0.15) is 18.0 Å². The van der Waals surface area contributed by atoms with E-state index in [0.29, 0.717) is 39.8 Å². The van der Waals surface area contributed by atoms with Gasteiger partial charge in [-0.3, -0.25) is 9.36 Å². The lowest BCUT2D eigenvalue weighted by atomic mass is 10.2. The van der Waals surface area contributed by atoms with E-state index < -0.39 is 6.10 Å². The molecule has 35 heavy (non-hydrogen) atoms. The van der Waals surface area contributed by atoms with E-state index in [1.165, 1.54) is 10.7 Å². The number of rotatable bonds is 6. The van der Waals surface area contributed by atoms with Gasteiger partial charge in [-0.25, -0.2) is 4.98 Å². The van der Waals surface area contributed by atoms with Gasteiger partial charge in [0.15, 0.2) is 22.9 Å². The molecule has 0 fully saturated rings. The van der Waals surface area contributed by atoms with Gasteiger partial charge in [-0.05, 0) is 32.0 Å². The predicted molar refractivity (Wildman–Crippen MR) is 124 cm³/mol. The van der Waals surface area contributed by atoms with Crippen molar-refractivity contribution in [3.05, 3.63) is 41.6 Å². The number of hydrogen-bond acceptors (Lipinski definition) is 11. The minimum Gasteiger partial charge on any atom is -0.391 e. The maximum atomic E-state index is 9.74. The van der Waals surface area contributed by atoms with Crippen molar-refractivity contribution >= 4 is 40.0 Å². The highest BCUT2D eigenvalue weighted by molar-refractivity contribution is 5.88. The van der Waals surface area contributed by atoms with Crippen LogP contribution in [0.1, 0.15) is 24.1 Å². The van der Waals surface area contributed by atoms with Crippen molar-refractivity contribution < 1.29 is 5.11 Å². The van der Waals surface area contributed by atoms with E-state index in [0.717, 1.165) is 0 Å². The SMILES string of the molecule is Cc1nc(Nc2nc(Nc3ccc4c(c3)c(C#N)nn4C[C@@H](C)O)nn3c(C#N)cnc23)nn1C. The van der Waals surface area contributed by atoms with Crippen LogP contribution < -0.4 is 10.6 Å². The van der Waals surface area contributed by atoms with E-state index in [4.69, 9.17) is 0 Å². The van der Waals surface area contributed by atoms with Crippen LogP contribution in [-0.4, -0.2) is 55.3 Å². The quantitative estimate of drug-likeness (QED) is 0.327. The Balaban J connectivity index is 1.55. The molecule has 0 bridgehead atoms. The first kappa shape index (κ1) is 21.7. The molecular formula is C21H19N13O. The Morgan fingerprint density at radius 1 is 1.09 bits per heavy atom. The number of nitrogens with one attached hydrogen (secondary N) is 2. The van der Waals surface area contributed by atoms with Gasteiger partial charge in [-0.2, -0.15) is 30.1 Å². The fourth-order valence-electron chi connectivity index (χ4n) is 3.57. The number of hydrogen-bond donors (Lipinski definition) is 3. The van der Waals surface area contributed by atoms with Crippen LogP contribution in [0.5, 0.6) is 0 Å². The molecule has 0 radical (unpaired) electrons. The average Bonchev–Trinajstić information content (AvgIpc) is 3.48. The molecule has 174 valence electrons. The minimum atomic E-state index is -0.615. The van der Waals surface area contributed by atoms with Crippen LogP contribution in [0.4, 0.5) is 23.4 Å². The summed E-state index contributed by atoms with van der Waals surface area (Å²) < 4.78 is 4.58. The summed E-state index contributed by atoms with van der Waals surface area (Å²) in [7, 11) is 1.77. The summed E-state index contributed by atoms with van der Waals surface area (Å²) in [5.74, 6) is 1.51. The summed E-state index contributed by atoms with van der Waals surface area (Å²) in [5.41, 5.74) is 2.10. The van der Waals surface area contributed by atoms with Gasteiger partial charge in [-0.15, -0.1) is 10.2 Å². The molecule has 0 aliphatic rings. The van der Waals surface area contributed by atoms with Crippen LogP contribution in [0.15, 0.2) is 24.4 Å². The van der Waals surface area contributed by atoms with Gasteiger partial charge in [-0.1, -0.05) is 0 Å². The molecular weight excluding hydrogens is 450 g/mol. The van der Waals surface area contributed by atoms with E-state index in [2.05, 4.69) is 53.0 Å². The largest absolute Gasteiger partial charge is 0.391 e. The van der Waals surface area contributed by atoms with Crippen LogP contribution >= 0.6 is 0 Å². The molecule has 14 nitrogen and oxygen atoms in total. The normalized spacial score (nSPS) is 11.9. The van der Waals surface area contributed by atoms with Crippen LogP contribution in [0.3, 0.4) is 0 Å². The molecule has 1 aromatic carbocycles. The minimum absolute atomic E-state index is 0.177. The fourth-order valence-corrected chi connectivity index (χ4v) is 3.57. The first-order valence-corrected chi connectivity index (χ1v) is 10.5. The average molecular weight is 469 g/mol. The first-order chi connectivity index (χ1) is 16.9. The number of anilines is 4. The van der Waals surface area contributed by atoms with Crippen molar-refractivity contribution in [3.8, 4) is 12.1 Å². The molecule has 1 atom stereocenters. The number of aliphatic hydroxyl groups excluding tert-OH is 1. The first-order valence-electron chi connectivity index (χ1n) is 10.5. The zero-order chi connectivity index (χ0) is 24.7. The predicted octanol–water partition coefficient (Wildman–Crippen LogP) is 1.52. The number of aromatic nitrogens is 9. The molecule has 5 rings (SSSR count). The third kappa shape index (κ3) is 3.94. The highest BCUT2D eigenvalue weighted by Crippen LogP contribution is 2.26. The second-order valence-electron chi connectivity index (χ2n) is 7.85. The Hall–Kier alpha value is -5.08. The number of benzene rings is 1. The summed E-state index contributed by atoms with van der Waals surface area (Å²) in [4.78, 5) is 13.1. The number of imidazole rings is 1. The number of aliphatic hydroxyl groups is 1. The molecule has 3 N–H and O–H groups in total. The second-order valence-corrected chi connectivity index (χ2v) is 7.85. The Kier molecular flexibility index (Phi) is 5.20. The fraction of sp³-hybridized carbons (Fsp3) is 0.238. The molecule has 0 saturated carbocycles. The highest BCUT2D eigenvalue weighted by atomic mass is 16.3. The molecule has 0 unspecified atom stereocenters. The van der Waals surface area contributed by atoms with Gasteiger partial charge in [0.2, 0.25) is 11.9 Å². The van der Waals surface area contributed by atoms with E-state index in [-0.39, 0.29) is 23.9 Å². The summed E-state index contributed by atoms with van der Waals surface area (Å²) in [6.07, 6.45) is 0.785. The summed E-state index contributed by atoms with van der Waals surface area (Å²) >= 11 is 0. The molecule has 0 aliphatic carbocycles. The smallest absolute Gasteiger partial charge is 0.248 e. The van der Waals surface area contributed by atoms with Crippen molar-refractivity contribution in [1.82, 2.24) is 44.1 Å². The van der Waals surface area contributed by atoms with Gasteiger partial charge >= 0.3 is 0 Å². The van der Waals surface area contributed by atoms with Crippen LogP contribution in [0.2, 0.25) is 0 Å². The number of fused-ring (bicyclic) bond motifs is 2. The molecule has 14 heteroatoms. The van der Waals surface area contributed by atoms with Crippen LogP contribution in [-0.2, 0) is 13.6 Å². The Morgan fingerprint density at radius 3 is 2.57 bits per heavy atom. The molecule has 4 aromatic heterocycles. The second kappa shape index (κ2) is 8.36. The Bertz CT molecular complexity index is 1640. The number of aryl methyl sites for hydroxylation is 2. The molecule has 4 heterocycles. The zero-order valence-electron chi connectivity index (χ0n) is 19.0. The number of nitriles is 2. The lowest BCUT2D eigenvalue weighted by Gasteiger charge is -2.09. The van der Waals surface area contributed by atoms with Crippen molar-refractivity contribution in [2.75, 3.05) is 10.6 Å². The van der Waals surface area contributed by atoms with Crippen LogP contribution in [0.25, 0.3) is 16.6 Å². The maximum absolute atomic E-state index is 9.74. The molecule has 0 saturated heterocycles. The van der Waals surface area contributed by atoms with E-state index in [1.807, 2.05) is 6.92 Å². The van der Waals surface area contributed by atoms with Crippen molar-refractivity contribution in [3.63, 3.8) is 0 Å². The van der Waals surface area contributed by atoms with E-state index >= 15 is 0 Å². The molecule has 0 amide bonds. The van der Waals surface area contributed by atoms with Gasteiger partial charge in [0, 0.05) is 18.1 Å². The van der Waals surface area contributed by atoms with Gasteiger partial charge in [0.05, 0.1) is 24.4 Å². The molecule has 5 aromatic rings. The van der Waals surface area contributed by atoms with Gasteiger partial charge < -0.3 is 15.7 Å². The molecule has 0 aliphatic heterocycles. The summed E-state index contributed by atoms with van der Waals surface area (Å²) in [6, 6.07) is 9.47. The van der Waals surface area contributed by atoms with E-state index in [9.17, 15) is 15.6 Å². The third-order valence-corrected chi connectivity index (χ3v) is 5.24. The third-order valence-electron chi connectivity index (χ3n) is 5.24. The van der Waals surface area contributed by atoms with Crippen molar-refractivity contribution in [2.24, 2.45) is 7.05 Å². The van der Waals surface area contributed by atoms with Crippen molar-refractivity contribution in [2.45, 2.75) is 26.5 Å². The van der Waals surface area contributed by atoms with Crippen molar-refractivity contribution in [1.29, 1.82) is 10.5 Å². The standard InChI is InChI=1S/C21H19N13O/c1-11(35)10-33-17-5-4-13(6-15(17)16(8-23)29-33)26-21-28-18(27-20-25-12(2)32(3)30-20)19-24-9-14(7-22)34(19)31-21/h4-6,9,11,35H,10H2,1-3H3,(H2,26,27,28,30,31)/t11-/m1/s1. The molecule has 0 spiro atoms.